The Hall–Kier alpha value is -2.75. The number of aliphatic carboxylic acids is 1. The molecule has 0 spiro atoms. The zero-order chi connectivity index (χ0) is 79.6. The summed E-state index contributed by atoms with van der Waals surface area (Å²) in [5, 5.41) is 225. The lowest BCUT2D eigenvalue weighted by atomic mass is 9.87. The quantitative estimate of drug-likeness (QED) is 0.0286. The molecule has 0 bridgehead atoms. The van der Waals surface area contributed by atoms with Gasteiger partial charge in [-0.2, -0.15) is 0 Å². The van der Waals surface area contributed by atoms with Crippen LogP contribution in [0.2, 0.25) is 0 Å². The van der Waals surface area contributed by atoms with E-state index in [0.717, 1.165) is 71.1 Å². The Morgan fingerprint density at radius 2 is 0.898 bits per heavy atom. The number of carbonyl (C=O) groups is 3. The Labute approximate surface area is 633 Å². The second-order valence-electron chi connectivity index (χ2n) is 29.9. The molecule has 30 atom stereocenters. The zero-order valence-electron chi connectivity index (χ0n) is 63.2. The summed E-state index contributed by atoms with van der Waals surface area (Å²) in [5.41, 5.74) is 0. The number of rotatable bonds is 55. The third-order valence-corrected chi connectivity index (χ3v) is 21.2. The van der Waals surface area contributed by atoms with Crippen LogP contribution in [0.5, 0.6) is 0 Å². The van der Waals surface area contributed by atoms with E-state index < -0.39 is 247 Å². The molecule has 5 saturated heterocycles. The molecule has 634 valence electrons. The predicted octanol–water partition coefficient (Wildman–Crippen LogP) is -2.24. The first-order valence-corrected chi connectivity index (χ1v) is 39.6. The summed E-state index contributed by atoms with van der Waals surface area (Å²) in [6, 6.07) is -3.33. The van der Waals surface area contributed by atoms with Crippen molar-refractivity contribution in [3.63, 3.8) is 0 Å². The summed E-state index contributed by atoms with van der Waals surface area (Å²) in [5.74, 6) is -7.34. The number of hydrogen-bond donors (Lipinski definition) is 22. The van der Waals surface area contributed by atoms with Crippen LogP contribution in [0.25, 0.3) is 0 Å². The van der Waals surface area contributed by atoms with Gasteiger partial charge >= 0.3 is 5.97 Å². The van der Waals surface area contributed by atoms with Gasteiger partial charge in [0.15, 0.2) is 25.2 Å². The van der Waals surface area contributed by atoms with Gasteiger partial charge < -0.3 is 160 Å². The topological polar surface area (TPSA) is 572 Å². The Morgan fingerprint density at radius 3 is 1.39 bits per heavy atom. The summed E-state index contributed by atoms with van der Waals surface area (Å²) in [6.45, 7) is -0.895. The summed E-state index contributed by atoms with van der Waals surface area (Å²) >= 11 is 0. The Kier molecular flexibility index (Phi) is 44.9. The first-order valence-electron chi connectivity index (χ1n) is 39.6. The van der Waals surface area contributed by atoms with E-state index in [0.29, 0.717) is 12.8 Å². The van der Waals surface area contributed by atoms with Crippen LogP contribution in [0, 0.1) is 0 Å². The molecule has 35 nitrogen and oxygen atoms in total. The number of aliphatic hydroxyl groups is 19. The Morgan fingerprint density at radius 1 is 0.463 bits per heavy atom. The molecule has 35 heteroatoms. The fraction of sp³-hybridized carbons (Fsp3) is 0.959. The number of hydrogen-bond acceptors (Lipinski definition) is 32. The van der Waals surface area contributed by atoms with Gasteiger partial charge in [-0.15, -0.1) is 0 Å². The third kappa shape index (κ3) is 28.9. The van der Waals surface area contributed by atoms with Crippen LogP contribution in [-0.4, -0.2) is 343 Å². The molecule has 5 fully saturated rings. The van der Waals surface area contributed by atoms with Crippen molar-refractivity contribution in [2.75, 3.05) is 39.6 Å². The second-order valence-corrected chi connectivity index (χ2v) is 29.9. The van der Waals surface area contributed by atoms with Crippen LogP contribution >= 0.6 is 0 Å². The van der Waals surface area contributed by atoms with Crippen molar-refractivity contribution < 1.29 is 164 Å². The van der Waals surface area contributed by atoms with Gasteiger partial charge in [-0.3, -0.25) is 9.59 Å². The first-order chi connectivity index (χ1) is 51.7. The smallest absolute Gasteiger partial charge is 0.364 e. The molecule has 0 aromatic rings. The molecule has 0 aliphatic carbocycles. The van der Waals surface area contributed by atoms with E-state index in [1.54, 1.807) is 0 Å². The highest BCUT2D eigenvalue weighted by Gasteiger charge is 2.62. The SMILES string of the molecule is CCCCCCCCCCCCCCCCCC[C@H](O)[C@H](O)[C@H](CO[C@@H]1O[C@H](CO)[C@@H](O[C@H]2O[C@@H](CO)[C@H](O[C@@]3(C(=O)O)C[C@@H](O[C@H]4O[C@@H](CO)[C@H](O)[C@@H](O[C@H]5O[C@H]([C@H](O)CO)[C@@H](O)[C@@H]5O)[C@@H]4O)[C@H](NC(C)=O)[C@@H]([C@H](O)[C@H](O)CO)O3)[C@@H](O)[C@@H]2O)[C@H](O)[C@H]1O)NC(=O)[C@H](O)CCCCCCCCCCCCCC. The fourth-order valence-corrected chi connectivity index (χ4v) is 14.6. The number of aliphatic hydroxyl groups excluding tert-OH is 19. The molecular formula is C73H134N2O33. The van der Waals surface area contributed by atoms with Gasteiger partial charge in [0.05, 0.1) is 63.9 Å². The maximum absolute atomic E-state index is 13.8. The van der Waals surface area contributed by atoms with E-state index in [9.17, 15) is 117 Å². The van der Waals surface area contributed by atoms with Gasteiger partial charge in [-0.1, -0.05) is 194 Å². The number of carboxylic acid groups (broad SMARTS) is 1. The van der Waals surface area contributed by atoms with Crippen LogP contribution in [-0.2, 0) is 61.8 Å². The lowest BCUT2D eigenvalue weighted by Gasteiger charge is -2.52. The maximum atomic E-state index is 13.8. The van der Waals surface area contributed by atoms with Gasteiger partial charge in [0.2, 0.25) is 11.8 Å². The summed E-state index contributed by atoms with van der Waals surface area (Å²) < 4.78 is 58.1. The van der Waals surface area contributed by atoms with Gasteiger partial charge in [-0.05, 0) is 12.8 Å². The van der Waals surface area contributed by atoms with E-state index in [-0.39, 0.29) is 12.8 Å². The lowest BCUT2D eigenvalue weighted by molar-refractivity contribution is -0.392. The number of ether oxygens (including phenoxy) is 10. The average molecular weight is 1570 g/mol. The highest BCUT2D eigenvalue weighted by atomic mass is 16.8. The van der Waals surface area contributed by atoms with Crippen molar-refractivity contribution in [1.29, 1.82) is 0 Å². The molecule has 0 unspecified atom stereocenters. The normalized spacial score (nSPS) is 34.5. The largest absolute Gasteiger partial charge is 0.477 e. The molecule has 0 aromatic heterocycles. The van der Waals surface area contributed by atoms with Crippen LogP contribution in [0.3, 0.4) is 0 Å². The molecule has 22 N–H and O–H groups in total. The van der Waals surface area contributed by atoms with Gasteiger partial charge in [0.1, 0.15) is 128 Å². The molecule has 0 aromatic carbocycles. The average Bonchev–Trinajstić information content (AvgIpc) is 0.817. The fourth-order valence-electron chi connectivity index (χ4n) is 14.6. The van der Waals surface area contributed by atoms with E-state index >= 15 is 0 Å². The molecule has 2 amide bonds. The monoisotopic (exact) mass is 1570 g/mol. The highest BCUT2D eigenvalue weighted by molar-refractivity contribution is 5.80. The zero-order valence-corrected chi connectivity index (χ0v) is 63.2. The molecule has 5 heterocycles. The number of nitrogens with one attached hydrogen (secondary N) is 2. The Bertz CT molecular complexity index is 2440. The van der Waals surface area contributed by atoms with Crippen molar-refractivity contribution in [2.24, 2.45) is 0 Å². The molecule has 0 radical (unpaired) electrons. The minimum absolute atomic E-state index is 0.0961. The summed E-state index contributed by atoms with van der Waals surface area (Å²) in [4.78, 5) is 40.3. The van der Waals surface area contributed by atoms with E-state index in [4.69, 9.17) is 47.4 Å². The minimum Gasteiger partial charge on any atom is -0.477 e. The maximum Gasteiger partial charge on any atom is 0.364 e. The predicted molar refractivity (Wildman–Crippen MR) is 379 cm³/mol. The Balaban J connectivity index is 1.27. The van der Waals surface area contributed by atoms with Crippen LogP contribution in [0.1, 0.15) is 220 Å². The van der Waals surface area contributed by atoms with Crippen molar-refractivity contribution in [1.82, 2.24) is 10.6 Å². The molecular weight excluding hydrogens is 1430 g/mol. The van der Waals surface area contributed by atoms with Crippen molar-refractivity contribution >= 4 is 17.8 Å². The van der Waals surface area contributed by atoms with Gasteiger partial charge in [0.25, 0.3) is 5.79 Å². The van der Waals surface area contributed by atoms with Gasteiger partial charge in [0, 0.05) is 13.3 Å². The molecule has 108 heavy (non-hydrogen) atoms. The molecule has 5 rings (SSSR count). The third-order valence-electron chi connectivity index (χ3n) is 21.2. The molecule has 0 saturated carbocycles. The van der Waals surface area contributed by atoms with Crippen LogP contribution in [0.15, 0.2) is 0 Å². The van der Waals surface area contributed by atoms with E-state index in [1.165, 1.54) is 103 Å². The van der Waals surface area contributed by atoms with Crippen LogP contribution < -0.4 is 10.6 Å². The summed E-state index contributed by atoms with van der Waals surface area (Å²) in [6.07, 6.45) is -24.6. The number of carboxylic acids is 1. The van der Waals surface area contributed by atoms with Crippen molar-refractivity contribution in [2.45, 2.75) is 403 Å². The van der Waals surface area contributed by atoms with Crippen molar-refractivity contribution in [3.8, 4) is 0 Å². The number of unbranched alkanes of at least 4 members (excludes halogenated alkanes) is 26. The second kappa shape index (κ2) is 50.6. The molecule has 5 aliphatic heterocycles. The standard InChI is InChI=1S/C73H134N2O33/c1-4-6-8-10-12-14-16-18-19-20-21-23-24-26-28-30-32-43(82)52(86)42(75-67(96)44(83)33-31-29-27-25-22-17-15-13-11-9-7-5-2)40-99-68-58(92)56(90)63(49(38-79)102-68)105-69-60(94)57(91)64(50(39-80)103-69)107-73(72(97)98)34-47(51(74-41(3)81)65(108-73)53(87)45(84)35-76)100-71-61(95)66(54(88)48(37-78)101-71)106-70-59(93)55(89)62(104-70)46(85)36-77/h42-66,68-71,76-80,82-95H,4-40H2,1-3H3,(H,74,81)(H,75,96)(H,97,98)/t42-,43-,44+,45+,46+,47+,48-,49+,50-,51-,52+,53+,54-,55-,56+,57-,58+,59-,60-,61-,62+,63+,64-,65-,66+,68+,69+,70+,71-,73-/m0/s1. The number of amides is 2. The first kappa shape index (κ1) is 95.8. The molecule has 5 aliphatic rings. The van der Waals surface area contributed by atoms with Crippen molar-refractivity contribution in [3.05, 3.63) is 0 Å². The summed E-state index contributed by atoms with van der Waals surface area (Å²) in [7, 11) is 0. The number of carbonyl (C=O) groups excluding carboxylic acids is 2. The minimum atomic E-state index is -3.37. The van der Waals surface area contributed by atoms with Crippen LogP contribution in [0.4, 0.5) is 0 Å². The highest BCUT2D eigenvalue weighted by Crippen LogP contribution is 2.42. The van der Waals surface area contributed by atoms with E-state index in [2.05, 4.69) is 24.5 Å². The lowest BCUT2D eigenvalue weighted by Crippen LogP contribution is -2.72. The van der Waals surface area contributed by atoms with Gasteiger partial charge in [-0.25, -0.2) is 4.79 Å². The van der Waals surface area contributed by atoms with E-state index in [1.807, 2.05) is 0 Å².